The first-order valence-corrected chi connectivity index (χ1v) is 7.68. The van der Waals surface area contributed by atoms with Gasteiger partial charge in [0.15, 0.2) is 0 Å². The molecule has 1 fully saturated rings. The van der Waals surface area contributed by atoms with Crippen molar-refractivity contribution in [1.29, 1.82) is 0 Å². The third-order valence-corrected chi connectivity index (χ3v) is 4.33. The Labute approximate surface area is 131 Å². The number of carbonyl (C=O) groups is 1. The van der Waals surface area contributed by atoms with Crippen molar-refractivity contribution in [1.82, 2.24) is 5.32 Å². The number of ether oxygens (including phenoxy) is 1. The minimum Gasteiger partial charge on any atom is -0.497 e. The molecule has 1 saturated carbocycles. The molecule has 1 aliphatic carbocycles. The van der Waals surface area contributed by atoms with Crippen molar-refractivity contribution >= 4 is 5.91 Å². The molecule has 0 radical (unpaired) electrons. The topological polar surface area (TPSA) is 38.3 Å². The van der Waals surface area contributed by atoms with E-state index in [2.05, 4.69) is 17.4 Å². The molecule has 2 aromatic carbocycles. The molecule has 1 N–H and O–H groups in total. The van der Waals surface area contributed by atoms with E-state index < -0.39 is 0 Å². The summed E-state index contributed by atoms with van der Waals surface area (Å²) in [4.78, 5) is 12.4. The number of amides is 1. The molecule has 3 rings (SSSR count). The molecular formula is C19H21NO2. The van der Waals surface area contributed by atoms with E-state index in [1.165, 1.54) is 5.56 Å². The summed E-state index contributed by atoms with van der Waals surface area (Å²) >= 11 is 0. The smallest absolute Gasteiger partial charge is 0.224 e. The number of benzene rings is 2. The van der Waals surface area contributed by atoms with Crippen molar-refractivity contribution in [2.75, 3.05) is 7.11 Å². The first kappa shape index (κ1) is 14.6. The first-order valence-electron chi connectivity index (χ1n) is 7.68. The molecule has 22 heavy (non-hydrogen) atoms. The maximum Gasteiger partial charge on any atom is 0.224 e. The summed E-state index contributed by atoms with van der Waals surface area (Å²) in [5.41, 5.74) is 2.35. The Morgan fingerprint density at radius 2 is 1.82 bits per heavy atom. The Hall–Kier alpha value is -2.29. The molecule has 0 bridgehead atoms. The van der Waals surface area contributed by atoms with Gasteiger partial charge in [-0.05, 0) is 42.5 Å². The standard InChI is InChI=1S/C19H21NO2/c1-13(14-8-10-16(22-2)11-9-14)20-19(21)18-12-17(18)15-6-4-3-5-7-15/h3-11,13,17-18H,12H2,1-2H3,(H,20,21). The lowest BCUT2D eigenvalue weighted by atomic mass is 10.1. The first-order chi connectivity index (χ1) is 10.7. The van der Waals surface area contributed by atoms with Crippen LogP contribution in [0.25, 0.3) is 0 Å². The van der Waals surface area contributed by atoms with Gasteiger partial charge in [0, 0.05) is 5.92 Å². The maximum atomic E-state index is 12.4. The van der Waals surface area contributed by atoms with Crippen LogP contribution in [0.2, 0.25) is 0 Å². The lowest BCUT2D eigenvalue weighted by Crippen LogP contribution is -2.28. The second kappa shape index (κ2) is 6.22. The van der Waals surface area contributed by atoms with Gasteiger partial charge in [0.2, 0.25) is 5.91 Å². The molecule has 0 heterocycles. The molecule has 1 amide bonds. The molecule has 114 valence electrons. The zero-order valence-electron chi connectivity index (χ0n) is 13.0. The molecule has 0 aliphatic heterocycles. The summed E-state index contributed by atoms with van der Waals surface area (Å²) in [5.74, 6) is 1.47. The number of carbonyl (C=O) groups excluding carboxylic acids is 1. The van der Waals surface area contributed by atoms with E-state index in [0.29, 0.717) is 5.92 Å². The highest BCUT2D eigenvalue weighted by Gasteiger charge is 2.44. The largest absolute Gasteiger partial charge is 0.497 e. The van der Waals surface area contributed by atoms with E-state index in [9.17, 15) is 4.79 Å². The molecular weight excluding hydrogens is 274 g/mol. The molecule has 1 aliphatic rings. The van der Waals surface area contributed by atoms with Gasteiger partial charge < -0.3 is 10.1 Å². The van der Waals surface area contributed by atoms with Gasteiger partial charge >= 0.3 is 0 Å². The van der Waals surface area contributed by atoms with Gasteiger partial charge in [-0.3, -0.25) is 4.79 Å². The van der Waals surface area contributed by atoms with E-state index in [1.807, 2.05) is 49.4 Å². The van der Waals surface area contributed by atoms with Crippen LogP contribution in [0, 0.1) is 5.92 Å². The molecule has 3 nitrogen and oxygen atoms in total. The van der Waals surface area contributed by atoms with E-state index in [4.69, 9.17) is 4.74 Å². The Morgan fingerprint density at radius 3 is 2.45 bits per heavy atom. The van der Waals surface area contributed by atoms with Crippen molar-refractivity contribution in [3.63, 3.8) is 0 Å². The molecule has 3 atom stereocenters. The average Bonchev–Trinajstić information content (AvgIpc) is 3.36. The van der Waals surface area contributed by atoms with Gasteiger partial charge in [0.1, 0.15) is 5.75 Å². The van der Waals surface area contributed by atoms with E-state index in [-0.39, 0.29) is 17.9 Å². The number of hydrogen-bond acceptors (Lipinski definition) is 2. The minimum atomic E-state index is 0.00966. The van der Waals surface area contributed by atoms with E-state index in [1.54, 1.807) is 7.11 Å². The van der Waals surface area contributed by atoms with Gasteiger partial charge in [0.05, 0.1) is 13.2 Å². The van der Waals surface area contributed by atoms with Crippen LogP contribution in [0.5, 0.6) is 5.75 Å². The fraction of sp³-hybridized carbons (Fsp3) is 0.316. The zero-order valence-corrected chi connectivity index (χ0v) is 13.0. The predicted octanol–water partition coefficient (Wildman–Crippen LogP) is 3.68. The second-order valence-corrected chi connectivity index (χ2v) is 5.86. The third kappa shape index (κ3) is 3.14. The van der Waals surface area contributed by atoms with E-state index in [0.717, 1.165) is 17.7 Å². The number of hydrogen-bond donors (Lipinski definition) is 1. The molecule has 2 aromatic rings. The molecule has 0 spiro atoms. The summed E-state index contributed by atoms with van der Waals surface area (Å²) in [6.07, 6.45) is 0.950. The normalized spacial score (nSPS) is 21.0. The summed E-state index contributed by atoms with van der Waals surface area (Å²) in [5, 5.41) is 3.12. The lowest BCUT2D eigenvalue weighted by molar-refractivity contribution is -0.123. The lowest BCUT2D eigenvalue weighted by Gasteiger charge is -2.15. The van der Waals surface area contributed by atoms with E-state index >= 15 is 0 Å². The van der Waals surface area contributed by atoms with Crippen molar-refractivity contribution in [3.8, 4) is 5.75 Å². The Bertz CT molecular complexity index is 636. The Morgan fingerprint density at radius 1 is 1.14 bits per heavy atom. The van der Waals surface area contributed by atoms with Crippen LogP contribution in [-0.2, 0) is 4.79 Å². The maximum absolute atomic E-state index is 12.4. The average molecular weight is 295 g/mol. The zero-order chi connectivity index (χ0) is 15.5. The van der Waals surface area contributed by atoms with Gasteiger partial charge in [-0.2, -0.15) is 0 Å². The summed E-state index contributed by atoms with van der Waals surface area (Å²) in [6, 6.07) is 18.1. The fourth-order valence-electron chi connectivity index (χ4n) is 2.85. The van der Waals surface area contributed by atoms with Crippen LogP contribution < -0.4 is 10.1 Å². The van der Waals surface area contributed by atoms with Crippen LogP contribution in [-0.4, -0.2) is 13.0 Å². The SMILES string of the molecule is COc1ccc(C(C)NC(=O)C2CC2c2ccccc2)cc1. The van der Waals surface area contributed by atoms with Gasteiger partial charge in [-0.25, -0.2) is 0 Å². The fourth-order valence-corrected chi connectivity index (χ4v) is 2.85. The predicted molar refractivity (Wildman–Crippen MR) is 86.8 cm³/mol. The molecule has 3 heteroatoms. The van der Waals surface area contributed by atoms with Gasteiger partial charge in [-0.15, -0.1) is 0 Å². The Kier molecular flexibility index (Phi) is 4.14. The second-order valence-electron chi connectivity index (χ2n) is 5.86. The highest BCUT2D eigenvalue weighted by molar-refractivity contribution is 5.83. The van der Waals surface area contributed by atoms with Gasteiger partial charge in [-0.1, -0.05) is 42.5 Å². The minimum absolute atomic E-state index is 0.00966. The van der Waals surface area contributed by atoms with Crippen molar-refractivity contribution in [2.45, 2.75) is 25.3 Å². The van der Waals surface area contributed by atoms with Crippen molar-refractivity contribution in [2.24, 2.45) is 5.92 Å². The summed E-state index contributed by atoms with van der Waals surface area (Å²) < 4.78 is 5.15. The van der Waals surface area contributed by atoms with Crippen molar-refractivity contribution < 1.29 is 9.53 Å². The quantitative estimate of drug-likeness (QED) is 0.914. The van der Waals surface area contributed by atoms with Crippen LogP contribution in [0.3, 0.4) is 0 Å². The monoisotopic (exact) mass is 295 g/mol. The number of nitrogens with one attached hydrogen (secondary N) is 1. The molecule has 0 saturated heterocycles. The van der Waals surface area contributed by atoms with Crippen LogP contribution >= 0.6 is 0 Å². The van der Waals surface area contributed by atoms with Crippen LogP contribution in [0.1, 0.15) is 36.4 Å². The Balaban J connectivity index is 1.58. The molecule has 0 aromatic heterocycles. The number of methoxy groups -OCH3 is 1. The third-order valence-electron chi connectivity index (χ3n) is 4.33. The highest BCUT2D eigenvalue weighted by Crippen LogP contribution is 2.47. The van der Waals surface area contributed by atoms with Gasteiger partial charge in [0.25, 0.3) is 0 Å². The van der Waals surface area contributed by atoms with Crippen LogP contribution in [0.4, 0.5) is 0 Å². The van der Waals surface area contributed by atoms with Crippen molar-refractivity contribution in [3.05, 3.63) is 65.7 Å². The number of rotatable bonds is 5. The summed E-state index contributed by atoms with van der Waals surface area (Å²) in [7, 11) is 1.65. The summed E-state index contributed by atoms with van der Waals surface area (Å²) in [6.45, 7) is 2.01. The highest BCUT2D eigenvalue weighted by atomic mass is 16.5. The molecule has 3 unspecified atom stereocenters. The van der Waals surface area contributed by atoms with Crippen LogP contribution in [0.15, 0.2) is 54.6 Å².